The van der Waals surface area contributed by atoms with Crippen LogP contribution in [-0.4, -0.2) is 47.2 Å². The summed E-state index contributed by atoms with van der Waals surface area (Å²) >= 11 is 0. The number of hydrogen-bond acceptors (Lipinski definition) is 2. The second kappa shape index (κ2) is 5.72. The van der Waals surface area contributed by atoms with Crippen molar-refractivity contribution < 1.29 is 4.58 Å². The van der Waals surface area contributed by atoms with E-state index in [0.717, 1.165) is 36.3 Å². The Labute approximate surface area is 136 Å². The van der Waals surface area contributed by atoms with Gasteiger partial charge in [0.15, 0.2) is 0 Å². The maximum atomic E-state index is 3.70. The molecule has 2 aliphatic carbocycles. The minimum atomic E-state index is 0.678. The van der Waals surface area contributed by atoms with Gasteiger partial charge in [0.1, 0.15) is 18.6 Å². The molecule has 3 heteroatoms. The SMILES string of the molecule is CC(C)C[C@@H]1CN2C(=[N+]1CCC1CC3CCC1C3)NC[C@@H]2C. The molecule has 3 unspecified atom stereocenters. The van der Waals surface area contributed by atoms with Crippen molar-refractivity contribution in [2.24, 2.45) is 23.7 Å². The van der Waals surface area contributed by atoms with Crippen LogP contribution in [0.4, 0.5) is 0 Å². The van der Waals surface area contributed by atoms with Crippen molar-refractivity contribution in [1.82, 2.24) is 10.2 Å². The lowest BCUT2D eigenvalue weighted by atomic mass is 9.86. The molecule has 0 radical (unpaired) electrons. The van der Waals surface area contributed by atoms with Gasteiger partial charge in [-0.1, -0.05) is 20.3 Å². The number of fused-ring (bicyclic) bond motifs is 3. The van der Waals surface area contributed by atoms with E-state index in [2.05, 4.69) is 35.6 Å². The number of hydrogen-bond donors (Lipinski definition) is 1. The van der Waals surface area contributed by atoms with E-state index in [-0.39, 0.29) is 0 Å². The van der Waals surface area contributed by atoms with E-state index in [4.69, 9.17) is 0 Å². The fourth-order valence-corrected chi connectivity index (χ4v) is 5.76. The summed E-state index contributed by atoms with van der Waals surface area (Å²) in [7, 11) is 0. The average Bonchev–Trinajstić information content (AvgIpc) is 3.20. The van der Waals surface area contributed by atoms with Crippen molar-refractivity contribution in [3.05, 3.63) is 0 Å². The standard InChI is InChI=1S/C19H33N3/c1-13(2)8-18-12-22-14(3)11-20-19(22)21(18)7-6-17-10-15-4-5-16(17)9-15/h13-18H,4-12H2,1-3H3/p+1/t14-,15?,16?,17?,18+/m0/s1. The third-order valence-electron chi connectivity index (χ3n) is 6.85. The van der Waals surface area contributed by atoms with Crippen LogP contribution in [-0.2, 0) is 0 Å². The highest BCUT2D eigenvalue weighted by Gasteiger charge is 2.45. The zero-order valence-electron chi connectivity index (χ0n) is 14.7. The van der Waals surface area contributed by atoms with Crippen LogP contribution in [0.5, 0.6) is 0 Å². The monoisotopic (exact) mass is 304 g/mol. The molecule has 0 aromatic carbocycles. The lowest BCUT2D eigenvalue weighted by molar-refractivity contribution is -0.560. The van der Waals surface area contributed by atoms with Crippen LogP contribution in [0.1, 0.15) is 59.3 Å². The van der Waals surface area contributed by atoms with Gasteiger partial charge in [0.05, 0.1) is 13.1 Å². The zero-order chi connectivity index (χ0) is 15.3. The number of nitrogens with one attached hydrogen (secondary N) is 1. The molecule has 4 rings (SSSR count). The van der Waals surface area contributed by atoms with Crippen LogP contribution in [0.2, 0.25) is 0 Å². The summed E-state index contributed by atoms with van der Waals surface area (Å²) in [5.41, 5.74) is 0. The lowest BCUT2D eigenvalue weighted by Gasteiger charge is -2.23. The third-order valence-corrected chi connectivity index (χ3v) is 6.85. The summed E-state index contributed by atoms with van der Waals surface area (Å²) in [6, 6.07) is 1.42. The van der Waals surface area contributed by atoms with E-state index >= 15 is 0 Å². The Morgan fingerprint density at radius 3 is 2.82 bits per heavy atom. The van der Waals surface area contributed by atoms with Gasteiger partial charge < -0.3 is 0 Å². The fourth-order valence-electron chi connectivity index (χ4n) is 5.76. The van der Waals surface area contributed by atoms with Crippen molar-refractivity contribution in [2.75, 3.05) is 19.6 Å². The van der Waals surface area contributed by atoms with Crippen LogP contribution >= 0.6 is 0 Å². The summed E-state index contributed by atoms with van der Waals surface area (Å²) in [5.74, 6) is 5.46. The molecule has 5 atom stereocenters. The van der Waals surface area contributed by atoms with Crippen molar-refractivity contribution in [3.63, 3.8) is 0 Å². The Kier molecular flexibility index (Phi) is 3.86. The van der Waals surface area contributed by atoms with Gasteiger partial charge in [-0.25, -0.2) is 0 Å². The first-order chi connectivity index (χ1) is 10.6. The Morgan fingerprint density at radius 2 is 2.14 bits per heavy atom. The zero-order valence-corrected chi connectivity index (χ0v) is 14.7. The lowest BCUT2D eigenvalue weighted by Crippen LogP contribution is -2.34. The second-order valence-corrected chi connectivity index (χ2v) is 8.91. The molecule has 124 valence electrons. The molecule has 1 saturated heterocycles. The summed E-state index contributed by atoms with van der Waals surface area (Å²) in [6.45, 7) is 10.8. The number of guanidine groups is 1. The molecule has 3 nitrogen and oxygen atoms in total. The Balaban J connectivity index is 1.44. The summed E-state index contributed by atoms with van der Waals surface area (Å²) in [4.78, 5) is 2.63. The molecular weight excluding hydrogens is 270 g/mol. The predicted octanol–water partition coefficient (Wildman–Crippen LogP) is 2.90. The second-order valence-electron chi connectivity index (χ2n) is 8.91. The van der Waals surface area contributed by atoms with Gasteiger partial charge in [0.25, 0.3) is 0 Å². The molecule has 4 aliphatic rings. The van der Waals surface area contributed by atoms with Crippen LogP contribution in [0.25, 0.3) is 0 Å². The van der Waals surface area contributed by atoms with Crippen molar-refractivity contribution >= 4 is 5.96 Å². The molecule has 22 heavy (non-hydrogen) atoms. The molecule has 2 bridgehead atoms. The minimum absolute atomic E-state index is 0.678. The van der Waals surface area contributed by atoms with E-state index in [1.807, 2.05) is 0 Å². The first-order valence-corrected chi connectivity index (χ1v) is 9.76. The maximum Gasteiger partial charge on any atom is 0.349 e. The quantitative estimate of drug-likeness (QED) is 0.787. The molecular formula is C19H34N3+. The molecule has 0 spiro atoms. The Hall–Kier alpha value is -0.730. The first kappa shape index (κ1) is 14.8. The van der Waals surface area contributed by atoms with Crippen LogP contribution < -0.4 is 5.32 Å². The van der Waals surface area contributed by atoms with Crippen LogP contribution in [0.15, 0.2) is 0 Å². The summed E-state index contributed by atoms with van der Waals surface area (Å²) in [5, 5.41) is 3.70. The first-order valence-electron chi connectivity index (χ1n) is 9.76. The molecule has 2 aliphatic heterocycles. The minimum Gasteiger partial charge on any atom is -0.274 e. The van der Waals surface area contributed by atoms with E-state index in [1.54, 1.807) is 6.42 Å². The highest BCUT2D eigenvalue weighted by molar-refractivity contribution is 5.78. The van der Waals surface area contributed by atoms with E-state index in [9.17, 15) is 0 Å². The fraction of sp³-hybridized carbons (Fsp3) is 0.947. The van der Waals surface area contributed by atoms with Gasteiger partial charge in [-0.15, -0.1) is 0 Å². The highest BCUT2D eigenvalue weighted by atomic mass is 15.5. The molecule has 3 fully saturated rings. The van der Waals surface area contributed by atoms with Gasteiger partial charge in [-0.3, -0.25) is 14.8 Å². The third kappa shape index (κ3) is 2.55. The average molecular weight is 305 g/mol. The van der Waals surface area contributed by atoms with Gasteiger partial charge in [-0.05, 0) is 62.7 Å². The molecule has 0 aromatic rings. The largest absolute Gasteiger partial charge is 0.349 e. The molecule has 0 aromatic heterocycles. The van der Waals surface area contributed by atoms with Crippen molar-refractivity contribution in [1.29, 1.82) is 0 Å². The van der Waals surface area contributed by atoms with Crippen molar-refractivity contribution in [3.8, 4) is 0 Å². The van der Waals surface area contributed by atoms with E-state index in [0.29, 0.717) is 6.04 Å². The normalized spacial score (nSPS) is 40.0. The topological polar surface area (TPSA) is 18.3 Å². The van der Waals surface area contributed by atoms with Gasteiger partial charge in [0, 0.05) is 0 Å². The van der Waals surface area contributed by atoms with Gasteiger partial charge >= 0.3 is 5.96 Å². The number of nitrogens with zero attached hydrogens (tertiary/aromatic N) is 2. The predicted molar refractivity (Wildman–Crippen MR) is 91.1 cm³/mol. The molecule has 2 saturated carbocycles. The van der Waals surface area contributed by atoms with E-state index < -0.39 is 0 Å². The van der Waals surface area contributed by atoms with Gasteiger partial charge in [0.2, 0.25) is 0 Å². The highest BCUT2D eigenvalue weighted by Crippen LogP contribution is 2.49. The molecule has 0 amide bonds. The maximum absolute atomic E-state index is 3.70. The van der Waals surface area contributed by atoms with Crippen LogP contribution in [0, 0.1) is 23.7 Å². The Bertz CT molecular complexity index is 456. The summed E-state index contributed by atoms with van der Waals surface area (Å²) < 4.78 is 2.75. The van der Waals surface area contributed by atoms with Crippen LogP contribution in [0.3, 0.4) is 0 Å². The molecule has 2 heterocycles. The van der Waals surface area contributed by atoms with E-state index in [1.165, 1.54) is 51.2 Å². The summed E-state index contributed by atoms with van der Waals surface area (Å²) in [6.07, 6.45) is 8.93. The smallest absolute Gasteiger partial charge is 0.274 e. The van der Waals surface area contributed by atoms with Gasteiger partial charge in [-0.2, -0.15) is 0 Å². The Morgan fingerprint density at radius 1 is 1.27 bits per heavy atom. The number of rotatable bonds is 5. The van der Waals surface area contributed by atoms with Crippen molar-refractivity contribution in [2.45, 2.75) is 71.4 Å². The molecule has 1 N–H and O–H groups in total.